The monoisotopic (exact) mass is 443 g/mol. The van der Waals surface area contributed by atoms with Crippen LogP contribution < -0.4 is 14.8 Å². The zero-order chi connectivity index (χ0) is 22.4. The van der Waals surface area contributed by atoms with E-state index < -0.39 is 5.91 Å². The number of fused-ring (bicyclic) bond motifs is 2. The zero-order valence-corrected chi connectivity index (χ0v) is 18.5. The molecular weight excluding hydrogens is 418 g/mol. The molecule has 0 spiro atoms. The lowest BCUT2D eigenvalue weighted by Gasteiger charge is -2.23. The summed E-state index contributed by atoms with van der Waals surface area (Å²) in [6.45, 7) is 4.93. The van der Waals surface area contributed by atoms with Gasteiger partial charge in [-0.2, -0.15) is 0 Å². The quantitative estimate of drug-likeness (QED) is 0.352. The molecule has 0 saturated carbocycles. The molecule has 7 heteroatoms. The third-order valence-electron chi connectivity index (χ3n) is 4.99. The predicted octanol–water partition coefficient (Wildman–Crippen LogP) is 5.00. The van der Waals surface area contributed by atoms with Gasteiger partial charge in [0, 0.05) is 22.9 Å². The molecule has 2 aromatic rings. The number of nitrogens with one attached hydrogen (secondary N) is 1. The Bertz CT molecular complexity index is 1000. The number of hydrogen-bond donors (Lipinski definition) is 1. The zero-order valence-electron chi connectivity index (χ0n) is 17.8. The lowest BCUT2D eigenvalue weighted by molar-refractivity contribution is -0.113. The highest BCUT2D eigenvalue weighted by molar-refractivity contribution is 6.31. The molecule has 0 heterocycles. The van der Waals surface area contributed by atoms with Crippen molar-refractivity contribution in [2.24, 2.45) is 0 Å². The first-order chi connectivity index (χ1) is 15.0. The first-order valence-corrected chi connectivity index (χ1v) is 11.1. The van der Waals surface area contributed by atoms with Crippen molar-refractivity contribution >= 4 is 34.8 Å². The molecule has 2 aromatic carbocycles. The van der Waals surface area contributed by atoms with Gasteiger partial charge in [-0.15, -0.1) is 11.6 Å². The lowest BCUT2D eigenvalue weighted by atomic mass is 9.82. The second kappa shape index (κ2) is 10.4. The van der Waals surface area contributed by atoms with E-state index in [0.29, 0.717) is 24.7 Å². The Hall–Kier alpha value is -2.86. The van der Waals surface area contributed by atoms with Crippen LogP contribution in [0, 0.1) is 0 Å². The maximum absolute atomic E-state index is 13.5. The molecule has 0 radical (unpaired) electrons. The standard InChI is InChI=1S/C24H26ClNO5/c1-3-5-10-30-18-9-7-8-16-21(18)24(29)22-17(23(16)28)12-15(26-20(27)14-25)13-19(22)31-11-6-4-2/h7-9,12-13H,3-6,10-11,14H2,1-2H3,(H,26,27). The van der Waals surface area contributed by atoms with Crippen molar-refractivity contribution < 1.29 is 23.9 Å². The molecule has 0 bridgehead atoms. The third-order valence-corrected chi connectivity index (χ3v) is 5.23. The maximum atomic E-state index is 13.5. The Morgan fingerprint density at radius 2 is 1.55 bits per heavy atom. The minimum Gasteiger partial charge on any atom is -0.493 e. The predicted molar refractivity (Wildman–Crippen MR) is 120 cm³/mol. The number of unbranched alkanes of at least 4 members (excludes halogenated alkanes) is 2. The summed E-state index contributed by atoms with van der Waals surface area (Å²) < 4.78 is 11.7. The molecule has 0 aromatic heterocycles. The Labute approximate surface area is 186 Å². The number of halogens is 1. The summed E-state index contributed by atoms with van der Waals surface area (Å²) in [5.74, 6) is -0.608. The van der Waals surface area contributed by atoms with Crippen LogP contribution in [0.2, 0.25) is 0 Å². The highest BCUT2D eigenvalue weighted by Crippen LogP contribution is 2.39. The summed E-state index contributed by atoms with van der Waals surface area (Å²) >= 11 is 5.60. The highest BCUT2D eigenvalue weighted by atomic mass is 35.5. The lowest BCUT2D eigenvalue weighted by Crippen LogP contribution is -2.24. The van der Waals surface area contributed by atoms with E-state index in [1.165, 1.54) is 6.07 Å². The van der Waals surface area contributed by atoms with Crippen LogP contribution in [0.1, 0.15) is 71.4 Å². The smallest absolute Gasteiger partial charge is 0.239 e. The number of ketones is 2. The fourth-order valence-electron chi connectivity index (χ4n) is 3.41. The summed E-state index contributed by atoms with van der Waals surface area (Å²) in [5.41, 5.74) is 1.29. The number of benzene rings is 2. The highest BCUT2D eigenvalue weighted by Gasteiger charge is 2.35. The van der Waals surface area contributed by atoms with Crippen LogP contribution >= 0.6 is 11.6 Å². The summed E-state index contributed by atoms with van der Waals surface area (Å²) in [4.78, 5) is 38.6. The molecule has 0 fully saturated rings. The van der Waals surface area contributed by atoms with Crippen molar-refractivity contribution in [3.05, 3.63) is 52.6 Å². The van der Waals surface area contributed by atoms with E-state index >= 15 is 0 Å². The number of carbonyl (C=O) groups is 3. The molecule has 1 aliphatic carbocycles. The normalized spacial score (nSPS) is 12.2. The van der Waals surface area contributed by atoms with Gasteiger partial charge in [-0.25, -0.2) is 0 Å². The van der Waals surface area contributed by atoms with Crippen molar-refractivity contribution in [1.82, 2.24) is 0 Å². The summed E-state index contributed by atoms with van der Waals surface area (Å²) in [5, 5.41) is 2.64. The molecule has 1 aliphatic rings. The Morgan fingerprint density at radius 3 is 2.19 bits per heavy atom. The van der Waals surface area contributed by atoms with Crippen LogP contribution in [-0.2, 0) is 4.79 Å². The van der Waals surface area contributed by atoms with Gasteiger partial charge in [0.1, 0.15) is 17.4 Å². The van der Waals surface area contributed by atoms with Crippen LogP contribution in [0.4, 0.5) is 5.69 Å². The average Bonchev–Trinajstić information content (AvgIpc) is 2.77. The van der Waals surface area contributed by atoms with Gasteiger partial charge in [-0.3, -0.25) is 14.4 Å². The Kier molecular flexibility index (Phi) is 7.69. The number of alkyl halides is 1. The molecule has 0 atom stereocenters. The molecule has 1 N–H and O–H groups in total. The fourth-order valence-corrected chi connectivity index (χ4v) is 3.47. The van der Waals surface area contributed by atoms with Crippen LogP contribution in [0.3, 0.4) is 0 Å². The summed E-state index contributed by atoms with van der Waals surface area (Å²) in [7, 11) is 0. The van der Waals surface area contributed by atoms with Gasteiger partial charge in [0.15, 0.2) is 5.78 Å². The van der Waals surface area contributed by atoms with E-state index in [0.717, 1.165) is 25.7 Å². The Balaban J connectivity index is 2.09. The first kappa shape index (κ1) is 22.8. The van der Waals surface area contributed by atoms with Gasteiger partial charge in [0.2, 0.25) is 11.7 Å². The number of hydrogen-bond acceptors (Lipinski definition) is 5. The van der Waals surface area contributed by atoms with Crippen LogP contribution in [0.25, 0.3) is 0 Å². The third kappa shape index (κ3) is 4.90. The van der Waals surface area contributed by atoms with Gasteiger partial charge in [-0.1, -0.05) is 38.8 Å². The van der Waals surface area contributed by atoms with Crippen molar-refractivity contribution in [1.29, 1.82) is 0 Å². The largest absolute Gasteiger partial charge is 0.493 e. The van der Waals surface area contributed by atoms with E-state index in [-0.39, 0.29) is 45.4 Å². The van der Waals surface area contributed by atoms with Gasteiger partial charge in [-0.05, 0) is 25.0 Å². The van der Waals surface area contributed by atoms with Gasteiger partial charge in [0.05, 0.1) is 24.3 Å². The van der Waals surface area contributed by atoms with E-state index in [4.69, 9.17) is 21.1 Å². The van der Waals surface area contributed by atoms with Gasteiger partial charge in [0.25, 0.3) is 0 Å². The number of anilines is 1. The average molecular weight is 444 g/mol. The van der Waals surface area contributed by atoms with Crippen molar-refractivity contribution in [2.75, 3.05) is 24.4 Å². The van der Waals surface area contributed by atoms with Crippen LogP contribution in [0.5, 0.6) is 11.5 Å². The van der Waals surface area contributed by atoms with Gasteiger partial charge < -0.3 is 14.8 Å². The fraction of sp³-hybridized carbons (Fsp3) is 0.375. The van der Waals surface area contributed by atoms with Crippen molar-refractivity contribution in [2.45, 2.75) is 39.5 Å². The number of amides is 1. The van der Waals surface area contributed by atoms with Crippen molar-refractivity contribution in [3.8, 4) is 11.5 Å². The molecular formula is C24H26ClNO5. The van der Waals surface area contributed by atoms with E-state index in [1.807, 2.05) is 6.92 Å². The summed E-state index contributed by atoms with van der Waals surface area (Å²) in [6.07, 6.45) is 3.50. The van der Waals surface area contributed by atoms with E-state index in [9.17, 15) is 14.4 Å². The second-order valence-electron chi connectivity index (χ2n) is 7.32. The molecule has 31 heavy (non-hydrogen) atoms. The topological polar surface area (TPSA) is 81.7 Å². The maximum Gasteiger partial charge on any atom is 0.239 e. The SMILES string of the molecule is CCCCOc1cccc2c1C(=O)c1c(OCCCC)cc(NC(=O)CCl)cc1C2=O. The second-order valence-corrected chi connectivity index (χ2v) is 7.59. The van der Waals surface area contributed by atoms with E-state index in [2.05, 4.69) is 12.2 Å². The first-order valence-electron chi connectivity index (χ1n) is 10.5. The Morgan fingerprint density at radius 1 is 0.903 bits per heavy atom. The van der Waals surface area contributed by atoms with Gasteiger partial charge >= 0.3 is 0 Å². The molecule has 0 unspecified atom stereocenters. The summed E-state index contributed by atoms with van der Waals surface area (Å²) in [6, 6.07) is 8.09. The molecule has 0 aliphatic heterocycles. The number of carbonyl (C=O) groups excluding carboxylic acids is 3. The van der Waals surface area contributed by atoms with Crippen LogP contribution in [-0.4, -0.2) is 36.6 Å². The van der Waals surface area contributed by atoms with Crippen molar-refractivity contribution in [3.63, 3.8) is 0 Å². The van der Waals surface area contributed by atoms with Crippen LogP contribution in [0.15, 0.2) is 30.3 Å². The molecule has 0 saturated heterocycles. The minimum atomic E-state index is -0.414. The number of ether oxygens (including phenoxy) is 2. The molecule has 6 nitrogen and oxygen atoms in total. The molecule has 3 rings (SSSR count). The molecule has 164 valence electrons. The molecule has 1 amide bonds. The van der Waals surface area contributed by atoms with E-state index in [1.54, 1.807) is 24.3 Å². The minimum absolute atomic E-state index is 0.196. The number of rotatable bonds is 10.